The molecule has 0 bridgehead atoms. The van der Waals surface area contributed by atoms with Gasteiger partial charge in [0, 0.05) is 53.7 Å². The van der Waals surface area contributed by atoms with Crippen LogP contribution in [-0.4, -0.2) is 27.4 Å². The maximum Gasteiger partial charge on any atom is 0.407 e. The number of allylic oxidation sites excluding steroid dienone is 1. The number of benzene rings is 2. The zero-order valence-electron chi connectivity index (χ0n) is 19.3. The maximum atomic E-state index is 12.2. The third-order valence-corrected chi connectivity index (χ3v) is 5.58. The number of hydrogen-bond acceptors (Lipinski definition) is 2. The maximum absolute atomic E-state index is 12.2. The third-order valence-electron chi connectivity index (χ3n) is 5.58. The molecule has 0 fully saturated rings. The number of amides is 1. The lowest BCUT2D eigenvalue weighted by Crippen LogP contribution is -2.33. The van der Waals surface area contributed by atoms with Gasteiger partial charge in [-0.15, -0.1) is 6.58 Å². The SMILES string of the molecule is C=CCn1c(-c2cn(C)c3ccccc23)c(CCNC(=O)OC(C)(C)C)c2ccccc21. The Morgan fingerprint density at radius 3 is 2.41 bits per heavy atom. The number of alkyl carbamates (subject to hydrolysis) is 1. The van der Waals surface area contributed by atoms with Crippen molar-refractivity contribution in [2.45, 2.75) is 39.3 Å². The third kappa shape index (κ3) is 4.15. The van der Waals surface area contributed by atoms with Gasteiger partial charge in [0.2, 0.25) is 0 Å². The summed E-state index contributed by atoms with van der Waals surface area (Å²) in [5.74, 6) is 0. The van der Waals surface area contributed by atoms with E-state index in [-0.39, 0.29) is 6.09 Å². The zero-order chi connectivity index (χ0) is 22.9. The molecule has 5 nitrogen and oxygen atoms in total. The Hall–Kier alpha value is -3.47. The van der Waals surface area contributed by atoms with Crippen molar-refractivity contribution in [3.63, 3.8) is 0 Å². The van der Waals surface area contributed by atoms with E-state index in [0.717, 1.165) is 0 Å². The fourth-order valence-electron chi connectivity index (χ4n) is 4.39. The highest BCUT2D eigenvalue weighted by molar-refractivity contribution is 6.01. The molecular weight excluding hydrogens is 398 g/mol. The predicted molar refractivity (Wildman–Crippen MR) is 132 cm³/mol. The van der Waals surface area contributed by atoms with Gasteiger partial charge in [0.25, 0.3) is 0 Å². The lowest BCUT2D eigenvalue weighted by molar-refractivity contribution is 0.0528. The Morgan fingerprint density at radius 2 is 1.72 bits per heavy atom. The van der Waals surface area contributed by atoms with Crippen LogP contribution in [0.15, 0.2) is 67.4 Å². The first-order chi connectivity index (χ1) is 15.3. The van der Waals surface area contributed by atoms with E-state index in [1.165, 1.54) is 38.6 Å². The number of fused-ring (bicyclic) bond motifs is 2. The van der Waals surface area contributed by atoms with E-state index < -0.39 is 5.60 Å². The Labute approximate surface area is 189 Å². The topological polar surface area (TPSA) is 48.2 Å². The first-order valence-corrected chi connectivity index (χ1v) is 11.0. The van der Waals surface area contributed by atoms with Crippen molar-refractivity contribution >= 4 is 27.9 Å². The molecule has 0 aliphatic carbocycles. The summed E-state index contributed by atoms with van der Waals surface area (Å²) in [5.41, 5.74) is 5.42. The smallest absolute Gasteiger partial charge is 0.407 e. The van der Waals surface area contributed by atoms with Crippen LogP contribution in [0.3, 0.4) is 0 Å². The van der Waals surface area contributed by atoms with Crippen LogP contribution in [0.2, 0.25) is 0 Å². The average molecular weight is 430 g/mol. The Morgan fingerprint density at radius 1 is 1.06 bits per heavy atom. The Kier molecular flexibility index (Phi) is 5.83. The number of ether oxygens (including phenoxy) is 1. The summed E-state index contributed by atoms with van der Waals surface area (Å²) < 4.78 is 9.91. The van der Waals surface area contributed by atoms with Gasteiger partial charge < -0.3 is 19.2 Å². The Bertz CT molecular complexity index is 1290. The second kappa shape index (κ2) is 8.58. The second-order valence-electron chi connectivity index (χ2n) is 9.09. The highest BCUT2D eigenvalue weighted by atomic mass is 16.6. The van der Waals surface area contributed by atoms with Gasteiger partial charge in [0.05, 0.1) is 5.69 Å². The fourth-order valence-corrected chi connectivity index (χ4v) is 4.39. The molecule has 1 N–H and O–H groups in total. The van der Waals surface area contributed by atoms with Crippen molar-refractivity contribution in [3.05, 3.63) is 72.9 Å². The van der Waals surface area contributed by atoms with Gasteiger partial charge in [-0.2, -0.15) is 0 Å². The molecule has 32 heavy (non-hydrogen) atoms. The highest BCUT2D eigenvalue weighted by Crippen LogP contribution is 2.38. The normalized spacial score (nSPS) is 11.8. The molecule has 0 spiro atoms. The van der Waals surface area contributed by atoms with Gasteiger partial charge in [-0.1, -0.05) is 42.5 Å². The van der Waals surface area contributed by atoms with Crippen LogP contribution in [0, 0.1) is 0 Å². The van der Waals surface area contributed by atoms with Crippen molar-refractivity contribution in [2.24, 2.45) is 7.05 Å². The van der Waals surface area contributed by atoms with E-state index in [4.69, 9.17) is 4.74 Å². The van der Waals surface area contributed by atoms with E-state index in [0.29, 0.717) is 19.5 Å². The summed E-state index contributed by atoms with van der Waals surface area (Å²) in [6.07, 6.45) is 4.44. The molecule has 0 radical (unpaired) electrons. The van der Waals surface area contributed by atoms with Crippen molar-refractivity contribution in [1.29, 1.82) is 0 Å². The molecule has 2 heterocycles. The van der Waals surface area contributed by atoms with E-state index in [9.17, 15) is 4.79 Å². The number of carbonyl (C=O) groups is 1. The first-order valence-electron chi connectivity index (χ1n) is 11.0. The molecule has 166 valence electrons. The minimum atomic E-state index is -0.516. The number of para-hydroxylation sites is 2. The minimum absolute atomic E-state index is 0.390. The van der Waals surface area contributed by atoms with E-state index in [2.05, 4.69) is 82.8 Å². The van der Waals surface area contributed by atoms with Crippen LogP contribution < -0.4 is 5.32 Å². The van der Waals surface area contributed by atoms with E-state index >= 15 is 0 Å². The van der Waals surface area contributed by atoms with E-state index in [1.54, 1.807) is 0 Å². The lowest BCUT2D eigenvalue weighted by atomic mass is 10.0. The van der Waals surface area contributed by atoms with Gasteiger partial charge in [-0.3, -0.25) is 0 Å². The van der Waals surface area contributed by atoms with Gasteiger partial charge in [0.1, 0.15) is 5.60 Å². The number of nitrogens with zero attached hydrogens (tertiary/aromatic N) is 2. The van der Waals surface area contributed by atoms with Gasteiger partial charge in [0.15, 0.2) is 0 Å². The molecule has 0 aliphatic rings. The van der Waals surface area contributed by atoms with Crippen LogP contribution in [0.4, 0.5) is 4.79 Å². The molecule has 4 rings (SSSR count). The van der Waals surface area contributed by atoms with Crippen LogP contribution in [0.1, 0.15) is 26.3 Å². The molecule has 0 atom stereocenters. The summed E-state index contributed by atoms with van der Waals surface area (Å²) >= 11 is 0. The molecule has 0 aliphatic heterocycles. The van der Waals surface area contributed by atoms with Gasteiger partial charge in [-0.05, 0) is 44.9 Å². The molecule has 1 amide bonds. The molecule has 0 unspecified atom stereocenters. The summed E-state index contributed by atoms with van der Waals surface area (Å²) in [6, 6.07) is 16.9. The average Bonchev–Trinajstić information content (AvgIpc) is 3.23. The summed E-state index contributed by atoms with van der Waals surface area (Å²) in [5, 5.41) is 5.33. The molecule has 5 heteroatoms. The van der Waals surface area contributed by atoms with Crippen molar-refractivity contribution < 1.29 is 9.53 Å². The number of aryl methyl sites for hydroxylation is 1. The number of carbonyl (C=O) groups excluding carboxylic acids is 1. The van der Waals surface area contributed by atoms with E-state index in [1.807, 2.05) is 26.8 Å². The monoisotopic (exact) mass is 429 g/mol. The fraction of sp³-hybridized carbons (Fsp3) is 0.296. The standard InChI is InChI=1S/C27H31N3O2/c1-6-17-30-24-14-10-8-11-19(24)21(15-16-28-26(31)32-27(2,3)4)25(30)22-18-29(5)23-13-9-7-12-20(22)23/h6-14,18H,1,15-17H2,2-5H3,(H,28,31). The number of rotatable bonds is 6. The molecule has 4 aromatic rings. The summed E-state index contributed by atoms with van der Waals surface area (Å²) in [7, 11) is 2.08. The molecule has 2 aromatic carbocycles. The van der Waals surface area contributed by atoms with Crippen LogP contribution in [0.5, 0.6) is 0 Å². The lowest BCUT2D eigenvalue weighted by Gasteiger charge is -2.19. The molecule has 0 saturated carbocycles. The molecule has 2 aromatic heterocycles. The van der Waals surface area contributed by atoms with Crippen molar-refractivity contribution in [1.82, 2.24) is 14.5 Å². The van der Waals surface area contributed by atoms with Crippen molar-refractivity contribution in [2.75, 3.05) is 6.54 Å². The van der Waals surface area contributed by atoms with Crippen molar-refractivity contribution in [3.8, 4) is 11.3 Å². The largest absolute Gasteiger partial charge is 0.444 e. The molecular formula is C27H31N3O2. The number of hydrogen-bond donors (Lipinski definition) is 1. The summed E-state index contributed by atoms with van der Waals surface area (Å²) in [4.78, 5) is 12.2. The predicted octanol–water partition coefficient (Wildman–Crippen LogP) is 6.05. The second-order valence-corrected chi connectivity index (χ2v) is 9.09. The number of nitrogens with one attached hydrogen (secondary N) is 1. The zero-order valence-corrected chi connectivity index (χ0v) is 19.3. The Balaban J connectivity index is 1.81. The summed E-state index contributed by atoms with van der Waals surface area (Å²) in [6.45, 7) is 10.8. The van der Waals surface area contributed by atoms with Crippen LogP contribution in [0.25, 0.3) is 33.1 Å². The van der Waals surface area contributed by atoms with Gasteiger partial charge >= 0.3 is 6.09 Å². The van der Waals surface area contributed by atoms with Crippen LogP contribution >= 0.6 is 0 Å². The molecule has 0 saturated heterocycles. The number of aromatic nitrogens is 2. The quantitative estimate of drug-likeness (QED) is 0.379. The minimum Gasteiger partial charge on any atom is -0.444 e. The van der Waals surface area contributed by atoms with Crippen LogP contribution in [-0.2, 0) is 24.8 Å². The highest BCUT2D eigenvalue weighted by Gasteiger charge is 2.22. The van der Waals surface area contributed by atoms with Gasteiger partial charge in [-0.25, -0.2) is 4.79 Å². The first kappa shape index (κ1) is 21.8.